The molecule has 0 N–H and O–H groups in total. The average Bonchev–Trinajstić information content (AvgIpc) is 2.62. The predicted octanol–water partition coefficient (Wildman–Crippen LogP) is 3.50. The smallest absolute Gasteiger partial charge is 0.341 e. The lowest BCUT2D eigenvalue weighted by Crippen LogP contribution is -2.09. The first-order valence-corrected chi connectivity index (χ1v) is 7.59. The molecule has 0 saturated carbocycles. The number of carbonyl (C=O) groups is 1. The maximum Gasteiger partial charge on any atom is 0.341 e. The minimum Gasteiger partial charge on any atom is -0.493 e. The van der Waals surface area contributed by atoms with Gasteiger partial charge in [0.1, 0.15) is 17.1 Å². The van der Waals surface area contributed by atoms with Gasteiger partial charge < -0.3 is 14.2 Å². The van der Waals surface area contributed by atoms with Gasteiger partial charge in [-0.05, 0) is 43.3 Å². The molecule has 0 atom stereocenters. The molecular weight excluding hydrogens is 306 g/mol. The van der Waals surface area contributed by atoms with Crippen molar-refractivity contribution in [3.8, 4) is 17.6 Å². The van der Waals surface area contributed by atoms with E-state index in [0.29, 0.717) is 42.3 Å². The van der Waals surface area contributed by atoms with E-state index in [9.17, 15) is 4.79 Å². The van der Waals surface area contributed by atoms with Crippen molar-refractivity contribution in [2.45, 2.75) is 13.3 Å². The molecule has 0 spiro atoms. The van der Waals surface area contributed by atoms with Crippen LogP contribution in [0.1, 0.15) is 27.9 Å². The number of rotatable bonds is 7. The number of benzene rings is 2. The first-order chi connectivity index (χ1) is 11.6. The fourth-order valence-electron chi connectivity index (χ4n) is 2.10. The first-order valence-electron chi connectivity index (χ1n) is 7.59. The summed E-state index contributed by atoms with van der Waals surface area (Å²) >= 11 is 0. The SMILES string of the molecule is COC(=O)c1cc(C)ccc1OCCCOc1ccc(C#N)cc1. The van der Waals surface area contributed by atoms with Crippen molar-refractivity contribution in [1.29, 1.82) is 5.26 Å². The molecule has 0 radical (unpaired) electrons. The number of methoxy groups -OCH3 is 1. The second-order valence-electron chi connectivity index (χ2n) is 5.18. The molecule has 0 saturated heterocycles. The fraction of sp³-hybridized carbons (Fsp3) is 0.263. The number of nitrogens with zero attached hydrogens (tertiary/aromatic N) is 1. The van der Waals surface area contributed by atoms with Crippen LogP contribution in [0.25, 0.3) is 0 Å². The minimum atomic E-state index is -0.414. The molecule has 2 aromatic rings. The van der Waals surface area contributed by atoms with Crippen LogP contribution in [0.4, 0.5) is 0 Å². The molecule has 5 nitrogen and oxygen atoms in total. The van der Waals surface area contributed by atoms with Gasteiger partial charge in [-0.2, -0.15) is 5.26 Å². The van der Waals surface area contributed by atoms with Crippen molar-refractivity contribution < 1.29 is 19.0 Å². The highest BCUT2D eigenvalue weighted by Gasteiger charge is 2.13. The van der Waals surface area contributed by atoms with E-state index in [1.165, 1.54) is 7.11 Å². The van der Waals surface area contributed by atoms with Crippen LogP contribution in [0.5, 0.6) is 11.5 Å². The van der Waals surface area contributed by atoms with Crippen LogP contribution >= 0.6 is 0 Å². The van der Waals surface area contributed by atoms with Crippen molar-refractivity contribution in [2.24, 2.45) is 0 Å². The summed E-state index contributed by atoms with van der Waals surface area (Å²) in [6.45, 7) is 2.80. The molecule has 2 aromatic carbocycles. The van der Waals surface area contributed by atoms with E-state index in [1.54, 1.807) is 36.4 Å². The molecule has 24 heavy (non-hydrogen) atoms. The zero-order chi connectivity index (χ0) is 17.4. The number of carbonyl (C=O) groups excluding carboxylic acids is 1. The molecule has 124 valence electrons. The zero-order valence-corrected chi connectivity index (χ0v) is 13.7. The van der Waals surface area contributed by atoms with Gasteiger partial charge in [0, 0.05) is 6.42 Å². The first kappa shape index (κ1) is 17.4. The lowest BCUT2D eigenvalue weighted by Gasteiger charge is -2.11. The summed E-state index contributed by atoms with van der Waals surface area (Å²) in [5, 5.41) is 8.74. The van der Waals surface area contributed by atoms with Crippen LogP contribution < -0.4 is 9.47 Å². The van der Waals surface area contributed by atoms with Gasteiger partial charge in [-0.3, -0.25) is 0 Å². The summed E-state index contributed by atoms with van der Waals surface area (Å²) in [6, 6.07) is 14.4. The average molecular weight is 325 g/mol. The number of hydrogen-bond acceptors (Lipinski definition) is 5. The molecule has 0 aliphatic heterocycles. The molecule has 0 aliphatic rings. The molecule has 0 fully saturated rings. The van der Waals surface area contributed by atoms with Crippen LogP contribution in [0.3, 0.4) is 0 Å². The summed E-state index contributed by atoms with van der Waals surface area (Å²) < 4.78 is 16.0. The molecule has 0 unspecified atom stereocenters. The Hall–Kier alpha value is -3.00. The van der Waals surface area contributed by atoms with Crippen LogP contribution in [-0.2, 0) is 4.74 Å². The Morgan fingerprint density at radius 3 is 2.46 bits per heavy atom. The van der Waals surface area contributed by atoms with Crippen molar-refractivity contribution >= 4 is 5.97 Å². The van der Waals surface area contributed by atoms with Gasteiger partial charge in [0.15, 0.2) is 0 Å². The van der Waals surface area contributed by atoms with Crippen LogP contribution in [-0.4, -0.2) is 26.3 Å². The van der Waals surface area contributed by atoms with Gasteiger partial charge in [-0.15, -0.1) is 0 Å². The van der Waals surface area contributed by atoms with E-state index in [0.717, 1.165) is 5.56 Å². The van der Waals surface area contributed by atoms with E-state index in [1.807, 2.05) is 13.0 Å². The number of nitriles is 1. The highest BCUT2D eigenvalue weighted by molar-refractivity contribution is 5.92. The number of hydrogen-bond donors (Lipinski definition) is 0. The van der Waals surface area contributed by atoms with Gasteiger partial charge in [0.05, 0.1) is 32.0 Å². The third-order valence-corrected chi connectivity index (χ3v) is 3.34. The number of ether oxygens (including phenoxy) is 3. The zero-order valence-electron chi connectivity index (χ0n) is 13.7. The van der Waals surface area contributed by atoms with Crippen LogP contribution in [0, 0.1) is 18.3 Å². The second-order valence-corrected chi connectivity index (χ2v) is 5.18. The Morgan fingerprint density at radius 1 is 1.08 bits per heavy atom. The summed E-state index contributed by atoms with van der Waals surface area (Å²) in [5.74, 6) is 0.799. The highest BCUT2D eigenvalue weighted by atomic mass is 16.5. The summed E-state index contributed by atoms with van der Waals surface area (Å²) in [4.78, 5) is 11.8. The van der Waals surface area contributed by atoms with Crippen molar-refractivity contribution in [1.82, 2.24) is 0 Å². The fourth-order valence-corrected chi connectivity index (χ4v) is 2.10. The Morgan fingerprint density at radius 2 is 1.79 bits per heavy atom. The number of aryl methyl sites for hydroxylation is 1. The van der Waals surface area contributed by atoms with Crippen molar-refractivity contribution in [3.63, 3.8) is 0 Å². The molecule has 0 aliphatic carbocycles. The minimum absolute atomic E-state index is 0.414. The summed E-state index contributed by atoms with van der Waals surface area (Å²) in [7, 11) is 1.35. The number of esters is 1. The van der Waals surface area contributed by atoms with Crippen molar-refractivity contribution in [3.05, 3.63) is 59.2 Å². The van der Waals surface area contributed by atoms with E-state index < -0.39 is 5.97 Å². The van der Waals surface area contributed by atoms with Crippen LogP contribution in [0.2, 0.25) is 0 Å². The summed E-state index contributed by atoms with van der Waals surface area (Å²) in [5.41, 5.74) is 1.98. The lowest BCUT2D eigenvalue weighted by molar-refractivity contribution is 0.0595. The van der Waals surface area contributed by atoms with Gasteiger partial charge in [0.2, 0.25) is 0 Å². The van der Waals surface area contributed by atoms with Crippen LogP contribution in [0.15, 0.2) is 42.5 Å². The molecular formula is C19H19NO4. The largest absolute Gasteiger partial charge is 0.493 e. The van der Waals surface area contributed by atoms with E-state index >= 15 is 0 Å². The van der Waals surface area contributed by atoms with Crippen molar-refractivity contribution in [2.75, 3.05) is 20.3 Å². The van der Waals surface area contributed by atoms with Gasteiger partial charge in [0.25, 0.3) is 0 Å². The standard InChI is InChI=1S/C19H19NO4/c1-14-4-9-18(17(12-14)19(21)22-2)24-11-3-10-23-16-7-5-15(13-20)6-8-16/h4-9,12H,3,10-11H2,1-2H3. The molecule has 0 bridgehead atoms. The third-order valence-electron chi connectivity index (χ3n) is 3.34. The quantitative estimate of drug-likeness (QED) is 0.575. The molecule has 2 rings (SSSR count). The Labute approximate surface area is 141 Å². The Kier molecular flexibility index (Phi) is 6.21. The maximum atomic E-state index is 11.8. The monoisotopic (exact) mass is 325 g/mol. The topological polar surface area (TPSA) is 68.6 Å². The van der Waals surface area contributed by atoms with Gasteiger partial charge >= 0.3 is 5.97 Å². The van der Waals surface area contributed by atoms with Gasteiger partial charge in [-0.1, -0.05) is 11.6 Å². The summed E-state index contributed by atoms with van der Waals surface area (Å²) in [6.07, 6.45) is 0.661. The molecule has 0 amide bonds. The van der Waals surface area contributed by atoms with E-state index in [4.69, 9.17) is 19.5 Å². The third kappa shape index (κ3) is 4.75. The highest BCUT2D eigenvalue weighted by Crippen LogP contribution is 2.21. The molecule has 5 heteroatoms. The Balaban J connectivity index is 1.82. The second kappa shape index (κ2) is 8.59. The Bertz CT molecular complexity index is 732. The van der Waals surface area contributed by atoms with E-state index in [2.05, 4.69) is 6.07 Å². The van der Waals surface area contributed by atoms with E-state index in [-0.39, 0.29) is 0 Å². The van der Waals surface area contributed by atoms with Gasteiger partial charge in [-0.25, -0.2) is 4.79 Å². The lowest BCUT2D eigenvalue weighted by atomic mass is 10.1. The predicted molar refractivity (Wildman–Crippen MR) is 89.3 cm³/mol. The maximum absolute atomic E-state index is 11.8. The molecule has 0 heterocycles. The normalized spacial score (nSPS) is 9.88. The molecule has 0 aromatic heterocycles.